The number of carbonyl (C=O) groups excluding carboxylic acids is 8. The Morgan fingerprint density at radius 3 is 1.96 bits per heavy atom. The topological polar surface area (TPSA) is 686 Å². The van der Waals surface area contributed by atoms with Gasteiger partial charge in [-0.25, -0.2) is 4.79 Å². The summed E-state index contributed by atoms with van der Waals surface area (Å²) in [6.07, 6.45) is -39.4. The summed E-state index contributed by atoms with van der Waals surface area (Å²) in [5.74, 6) is -19.1. The number of aliphatic hydroxyl groups excluding tert-OH is 11. The minimum absolute atomic E-state index is 0.0687. The number of aliphatic carboxylic acids is 1. The molecule has 8 aliphatic rings. The summed E-state index contributed by atoms with van der Waals surface area (Å²) in [7, 11) is 1.44. The van der Waals surface area contributed by atoms with Gasteiger partial charge in [-0.2, -0.15) is 0 Å². The molecule has 762 valence electrons. The largest absolute Gasteiger partial charge is 0.573 e. The van der Waals surface area contributed by atoms with Crippen molar-refractivity contribution in [3.8, 4) is 62.9 Å². The number of aromatic hydroxyl groups is 3. The molecule has 0 aliphatic carbocycles. The number of hydrogen-bond acceptors (Lipinski definition) is 35. The highest BCUT2D eigenvalue weighted by Gasteiger charge is 2.54. The number of nitrogens with one attached hydrogen (secondary N) is 10. The number of carbonyl (C=O) groups is 9. The number of fused-ring (bicyclic) bond motifs is 15. The molecule has 3 fully saturated rings. The smallest absolute Gasteiger partial charge is 0.508 e. The third-order valence-electron chi connectivity index (χ3n) is 24.4. The molecule has 0 aromatic heterocycles. The Kier molecular flexibility index (Phi) is 34.0. The Morgan fingerprint density at radius 1 is 0.660 bits per heavy atom. The molecule has 3 saturated heterocycles. The summed E-state index contributed by atoms with van der Waals surface area (Å²) in [6, 6.07) is 8.35. The van der Waals surface area contributed by atoms with Crippen molar-refractivity contribution in [2.45, 2.75) is 218 Å². The van der Waals surface area contributed by atoms with Gasteiger partial charge in [-0.05, 0) is 159 Å². The molecule has 0 spiro atoms. The molecule has 49 heteroatoms. The Hall–Kier alpha value is -12.0. The molecule has 2 unspecified atom stereocenters. The predicted octanol–water partition coefficient (Wildman–Crippen LogP) is 0.614. The molecule has 7 aromatic rings. The van der Waals surface area contributed by atoms with Gasteiger partial charge in [0, 0.05) is 59.1 Å². The molecule has 25 atom stereocenters. The maximum atomic E-state index is 16.6. The third-order valence-corrected chi connectivity index (χ3v) is 25.0. The van der Waals surface area contributed by atoms with Crippen LogP contribution in [-0.2, 0) is 68.6 Å². The van der Waals surface area contributed by atoms with Crippen LogP contribution in [0.2, 0.25) is 10.0 Å². The second-order valence-electron chi connectivity index (χ2n) is 35.1. The highest BCUT2D eigenvalue weighted by molar-refractivity contribution is 6.32. The van der Waals surface area contributed by atoms with Crippen LogP contribution >= 0.6 is 23.2 Å². The van der Waals surface area contributed by atoms with Gasteiger partial charge in [-0.3, -0.25) is 38.4 Å². The van der Waals surface area contributed by atoms with Crippen molar-refractivity contribution in [2.24, 2.45) is 11.7 Å². The Labute approximate surface area is 809 Å². The van der Waals surface area contributed by atoms with Crippen molar-refractivity contribution in [2.75, 3.05) is 38.7 Å². The van der Waals surface area contributed by atoms with Crippen molar-refractivity contribution in [1.29, 1.82) is 0 Å². The summed E-state index contributed by atoms with van der Waals surface area (Å²) >= 11 is 14.6. The average molecular weight is 2020 g/mol. The first-order valence-corrected chi connectivity index (χ1v) is 45.0. The quantitative estimate of drug-likeness (QED) is 0.0319. The highest BCUT2D eigenvalue weighted by atomic mass is 35.5. The van der Waals surface area contributed by atoms with Crippen molar-refractivity contribution in [3.05, 3.63) is 176 Å². The van der Waals surface area contributed by atoms with Crippen LogP contribution in [-0.4, -0.2) is 291 Å². The lowest BCUT2D eigenvalue weighted by Gasteiger charge is -2.47. The Balaban J connectivity index is 0.937. The van der Waals surface area contributed by atoms with Crippen molar-refractivity contribution >= 4 is 82.1 Å². The Morgan fingerprint density at radius 2 is 1.30 bits per heavy atom. The lowest BCUT2D eigenvalue weighted by atomic mass is 9.84. The number of phenolic OH excluding ortho intramolecular Hbond substituents is 3. The second kappa shape index (κ2) is 45.1. The van der Waals surface area contributed by atoms with E-state index in [2.05, 4.69) is 57.9 Å². The van der Waals surface area contributed by atoms with Crippen LogP contribution < -0.4 is 77.8 Å². The SMILES string of the molecule is CN[C@H](CC(C)C)C(=O)NC1C(=O)N[C@@H](CC(N)=O)C(=O)N[C@H]2C(=O)N[C@H]3C(=O)N[C@H](C(=O)N[C@@H](C(=O)O)c4cc(O)cc(O)c4-c4cc3ccc4O)[C@H](OC3C[C@](C)(NCC[C@H](O)[C@H](O)CO)[C@@H](O)[C@H](C)O3)c3ccc(c(Cl)c3)Oc3cc2cc(c3O[C@@H]2O[C@H](CO)[C@@H](O[C@@H]3O[C@H](CNCc4cccc(NC(=O)c5cccc(OC(F)(F)F)c5)c4)[C@H](O)[C@H](O)[C@H]3O)[C@H](O)[C@H]2O)Oc2ccc(cc2Cl)[C@H]1O. The van der Waals surface area contributed by atoms with Gasteiger partial charge in [-0.15, -0.1) is 13.2 Å². The number of phenols is 3. The number of alkyl halides is 3. The minimum Gasteiger partial charge on any atom is -0.508 e. The highest BCUT2D eigenvalue weighted by Crippen LogP contribution is 2.51. The fourth-order valence-corrected chi connectivity index (χ4v) is 17.6. The zero-order valence-corrected chi connectivity index (χ0v) is 77.0. The van der Waals surface area contributed by atoms with E-state index < -0.39 is 327 Å². The van der Waals surface area contributed by atoms with E-state index in [1.807, 2.05) is 0 Å². The van der Waals surface area contributed by atoms with Gasteiger partial charge in [0.25, 0.3) is 5.91 Å². The monoisotopic (exact) mass is 2020 g/mol. The summed E-state index contributed by atoms with van der Waals surface area (Å²) in [5.41, 5.74) is 1.40. The molecule has 11 bridgehead atoms. The minimum atomic E-state index is -5.04. The molecule has 8 heterocycles. The van der Waals surface area contributed by atoms with Gasteiger partial charge >= 0.3 is 12.3 Å². The molecule has 0 radical (unpaired) electrons. The molecule has 8 amide bonds. The summed E-state index contributed by atoms with van der Waals surface area (Å²) < 4.78 is 94.5. The van der Waals surface area contributed by atoms with Crippen LogP contribution in [0.25, 0.3) is 11.1 Å². The zero-order valence-electron chi connectivity index (χ0n) is 75.4. The van der Waals surface area contributed by atoms with E-state index in [9.17, 15) is 109 Å². The Bertz CT molecular complexity index is 5780. The number of halogens is 5. The molecule has 141 heavy (non-hydrogen) atoms. The normalized spacial score (nSPS) is 28.2. The average Bonchev–Trinajstić information content (AvgIpc) is 0.758. The lowest BCUT2D eigenvalue weighted by Crippen LogP contribution is -2.65. The fourth-order valence-electron chi connectivity index (χ4n) is 17.1. The van der Waals surface area contributed by atoms with Crippen molar-refractivity contribution in [3.63, 3.8) is 0 Å². The number of amides is 8. The van der Waals surface area contributed by atoms with E-state index in [-0.39, 0.29) is 60.8 Å². The van der Waals surface area contributed by atoms with E-state index in [4.69, 9.17) is 66.8 Å². The number of anilines is 1. The molecule has 7 aromatic carbocycles. The zero-order chi connectivity index (χ0) is 102. The molecule has 27 N–H and O–H groups in total. The van der Waals surface area contributed by atoms with Gasteiger partial charge in [0.1, 0.15) is 132 Å². The first-order valence-electron chi connectivity index (χ1n) is 44.3. The molecule has 0 saturated carbocycles. The first-order chi connectivity index (χ1) is 66.7. The van der Waals surface area contributed by atoms with E-state index in [1.165, 1.54) is 57.3 Å². The fraction of sp³-hybridized carbons (Fsp3) is 0.446. The molecule has 15 rings (SSSR count). The van der Waals surface area contributed by atoms with E-state index >= 15 is 24.0 Å². The molecular formula is C92H106Cl2F3N11O33. The number of hydrogen-bond donors (Lipinski definition) is 26. The van der Waals surface area contributed by atoms with Crippen LogP contribution in [0.3, 0.4) is 0 Å². The van der Waals surface area contributed by atoms with E-state index in [0.29, 0.717) is 5.56 Å². The second-order valence-corrected chi connectivity index (χ2v) is 36.0. The number of rotatable bonds is 28. The van der Waals surface area contributed by atoms with Crippen LogP contribution in [0, 0.1) is 5.92 Å². The van der Waals surface area contributed by atoms with Gasteiger partial charge in [0.15, 0.2) is 30.1 Å². The van der Waals surface area contributed by atoms with Crippen molar-refractivity contribution in [1.82, 2.24) is 47.9 Å². The van der Waals surface area contributed by atoms with Crippen LogP contribution in [0.15, 0.2) is 127 Å². The number of carboxylic acid groups (broad SMARTS) is 1. The number of nitrogens with two attached hydrogens (primary N) is 1. The summed E-state index contributed by atoms with van der Waals surface area (Å²) in [4.78, 5) is 135. The van der Waals surface area contributed by atoms with Gasteiger partial charge in [-0.1, -0.05) is 73.4 Å². The first kappa shape index (κ1) is 106. The maximum absolute atomic E-state index is 16.6. The lowest BCUT2D eigenvalue weighted by molar-refractivity contribution is -0.350. The number of benzene rings is 7. The maximum Gasteiger partial charge on any atom is 0.573 e. The van der Waals surface area contributed by atoms with E-state index in [0.717, 1.165) is 84.9 Å². The molecule has 44 nitrogen and oxygen atoms in total. The van der Waals surface area contributed by atoms with Crippen molar-refractivity contribution < 1.29 is 176 Å². The number of likely N-dealkylation sites (N-methyl/N-ethyl adjacent to an activating group) is 1. The van der Waals surface area contributed by atoms with Gasteiger partial charge in [0.05, 0.1) is 54.0 Å². The van der Waals surface area contributed by atoms with Crippen LogP contribution in [0.5, 0.6) is 51.7 Å². The standard InChI is InChI=1S/C92H106Cl2F3N11O33/c1-36(2)20-51(99-5)82(125)107-69-71(117)40-13-16-57(49(93)24-40)134-59-26-43-27-60(78(59)139-90-76(122)74(120)79(62(35-110)137-90)140-89-75(121)73(119)72(118)61(136-89)33-100-32-38-8-6-10-44(21-38)102-81(124)42-9-7-11-46(22-42)141-92(95,96)97)135-58-17-14-41(25-50(58)94)77(138-64-31-91(4,80(123)37(3)133-64)101-19-18-54(113)56(115)34-109)70-87(130)106-68(88(131)132)48-28-45(111)29-55(114)65(48)47-23-39(12-15-53(47)112)66(84(127)108-70)105-85(128)67(43)104-83(126)52(30-63(98)116)103-86(69)129/h6-17,21-29,36-37,51-52,54,56,61-62,64,66-77,79-80,89-90,99-101,109-115,117-123H,18-20,30-35H2,1-5H3,(H2,98,116)(H,102,124)(H,103,129)(H,104,126)(H,105,128)(H,106,130)(H,107,125)(H,108,127)(H,131,132)/t37-,51+,52-,54-,56+,61+,62+,64?,66+,67+,68+,69?,70-,71+,72-,73-,74+,75+,76+,77+,79+,80-,89-,90-,91-/m0/s1. The molecular weight excluding hydrogens is 1910 g/mol. The van der Waals surface area contributed by atoms with E-state index in [1.54, 1.807) is 19.9 Å². The summed E-state index contributed by atoms with van der Waals surface area (Å²) in [5, 5.41) is 197. The van der Waals surface area contributed by atoms with Crippen LogP contribution in [0.4, 0.5) is 18.9 Å². The van der Waals surface area contributed by atoms with Gasteiger partial charge < -0.3 is 178 Å². The number of carboxylic acids is 1. The molecule has 8 aliphatic heterocycles. The number of ether oxygens (including phenoxy) is 9. The van der Waals surface area contributed by atoms with Crippen LogP contribution in [0.1, 0.15) is 127 Å². The van der Waals surface area contributed by atoms with Gasteiger partial charge in [0.2, 0.25) is 53.4 Å². The number of aliphatic hydroxyl groups is 11. The number of primary amides is 1. The predicted molar refractivity (Wildman–Crippen MR) is 482 cm³/mol. The third kappa shape index (κ3) is 24.8. The summed E-state index contributed by atoms with van der Waals surface area (Å²) in [6.45, 7) is 3.88.